The first-order chi connectivity index (χ1) is 14.2. The van der Waals surface area contributed by atoms with Crippen molar-refractivity contribution in [3.63, 3.8) is 0 Å². The van der Waals surface area contributed by atoms with Crippen molar-refractivity contribution < 1.29 is 9.59 Å². The lowest BCUT2D eigenvalue weighted by molar-refractivity contribution is -0.123. The standard InChI is InChI=1S/C21H23N5O2S/c27-20(16-10-7-13-29-16)23-19(15-8-3-1-4-9-15)21(28)22-14-18-25-24-17-11-5-2-6-12-26(17)18/h1,3-4,7-10,13,19H,2,5-6,11-12,14H2,(H,22,28)(H,23,27). The number of nitrogens with zero attached hydrogens (tertiary/aromatic N) is 3. The van der Waals surface area contributed by atoms with Gasteiger partial charge in [0.25, 0.3) is 5.91 Å². The Balaban J connectivity index is 1.48. The maximum atomic E-state index is 13.0. The van der Waals surface area contributed by atoms with Crippen LogP contribution in [0.5, 0.6) is 0 Å². The number of thiophene rings is 1. The highest BCUT2D eigenvalue weighted by Gasteiger charge is 2.24. The fraction of sp³-hybridized carbons (Fsp3) is 0.333. The van der Waals surface area contributed by atoms with Crippen molar-refractivity contribution in [3.05, 3.63) is 69.9 Å². The zero-order valence-electron chi connectivity index (χ0n) is 16.0. The number of aromatic nitrogens is 3. The normalized spacial score (nSPS) is 14.5. The van der Waals surface area contributed by atoms with E-state index in [2.05, 4.69) is 25.4 Å². The Hall–Kier alpha value is -3.00. The molecule has 7 nitrogen and oxygen atoms in total. The molecular weight excluding hydrogens is 386 g/mol. The van der Waals surface area contributed by atoms with Crippen LogP contribution in [0.3, 0.4) is 0 Å². The van der Waals surface area contributed by atoms with Gasteiger partial charge >= 0.3 is 0 Å². The van der Waals surface area contributed by atoms with Crippen LogP contribution in [0, 0.1) is 0 Å². The minimum atomic E-state index is -0.780. The lowest BCUT2D eigenvalue weighted by Gasteiger charge is -2.18. The van der Waals surface area contributed by atoms with Crippen LogP contribution < -0.4 is 10.6 Å². The maximum Gasteiger partial charge on any atom is 0.262 e. The lowest BCUT2D eigenvalue weighted by Crippen LogP contribution is -2.40. The van der Waals surface area contributed by atoms with Crippen molar-refractivity contribution in [2.45, 2.75) is 44.8 Å². The predicted octanol–water partition coefficient (Wildman–Crippen LogP) is 2.85. The zero-order valence-corrected chi connectivity index (χ0v) is 16.8. The molecule has 3 heterocycles. The van der Waals surface area contributed by atoms with Gasteiger partial charge in [-0.2, -0.15) is 0 Å². The van der Waals surface area contributed by atoms with Crippen molar-refractivity contribution in [1.82, 2.24) is 25.4 Å². The van der Waals surface area contributed by atoms with E-state index in [1.165, 1.54) is 17.8 Å². The van der Waals surface area contributed by atoms with Gasteiger partial charge < -0.3 is 15.2 Å². The second-order valence-corrected chi connectivity index (χ2v) is 7.95. The Morgan fingerprint density at radius 2 is 1.93 bits per heavy atom. The first-order valence-electron chi connectivity index (χ1n) is 9.80. The SMILES string of the molecule is O=C(NC(C(=O)NCc1nnc2n1CCCCC2)c1ccccc1)c1cccs1. The van der Waals surface area contributed by atoms with E-state index in [0.29, 0.717) is 4.88 Å². The molecule has 0 saturated heterocycles. The lowest BCUT2D eigenvalue weighted by atomic mass is 10.1. The molecule has 1 aromatic carbocycles. The fourth-order valence-corrected chi connectivity index (χ4v) is 4.13. The largest absolute Gasteiger partial charge is 0.347 e. The highest BCUT2D eigenvalue weighted by molar-refractivity contribution is 7.12. The summed E-state index contributed by atoms with van der Waals surface area (Å²) in [6, 6.07) is 12.0. The highest BCUT2D eigenvalue weighted by Crippen LogP contribution is 2.17. The summed E-state index contributed by atoms with van der Waals surface area (Å²) in [5.41, 5.74) is 0.731. The van der Waals surface area contributed by atoms with Gasteiger partial charge in [-0.15, -0.1) is 21.5 Å². The van der Waals surface area contributed by atoms with Gasteiger partial charge in [0.05, 0.1) is 11.4 Å². The third kappa shape index (κ3) is 4.54. The van der Waals surface area contributed by atoms with Gasteiger partial charge in [0.15, 0.2) is 5.82 Å². The average Bonchev–Trinajstić information content (AvgIpc) is 3.36. The number of hydrogen-bond acceptors (Lipinski definition) is 5. The average molecular weight is 410 g/mol. The molecule has 1 aliphatic heterocycles. The van der Waals surface area contributed by atoms with Crippen molar-refractivity contribution in [3.8, 4) is 0 Å². The summed E-state index contributed by atoms with van der Waals surface area (Å²) in [5.74, 6) is 1.21. The summed E-state index contributed by atoms with van der Waals surface area (Å²) in [5, 5.41) is 16.2. The predicted molar refractivity (Wildman–Crippen MR) is 110 cm³/mol. The number of rotatable bonds is 6. The van der Waals surface area contributed by atoms with E-state index in [9.17, 15) is 9.59 Å². The minimum Gasteiger partial charge on any atom is -0.347 e. The van der Waals surface area contributed by atoms with Gasteiger partial charge in [0, 0.05) is 13.0 Å². The molecule has 29 heavy (non-hydrogen) atoms. The van der Waals surface area contributed by atoms with Gasteiger partial charge in [-0.3, -0.25) is 9.59 Å². The summed E-state index contributed by atoms with van der Waals surface area (Å²) < 4.78 is 2.11. The molecule has 1 atom stereocenters. The van der Waals surface area contributed by atoms with Gasteiger partial charge in [0.1, 0.15) is 11.9 Å². The Labute approximate surface area is 173 Å². The molecule has 150 valence electrons. The van der Waals surface area contributed by atoms with Crippen LogP contribution in [0.4, 0.5) is 0 Å². The molecule has 0 bridgehead atoms. The summed E-state index contributed by atoms with van der Waals surface area (Å²) in [6.45, 7) is 1.16. The van der Waals surface area contributed by atoms with Crippen molar-refractivity contribution in [2.24, 2.45) is 0 Å². The molecule has 3 aromatic rings. The molecule has 0 fully saturated rings. The van der Waals surface area contributed by atoms with Gasteiger partial charge in [-0.25, -0.2) is 0 Å². The van der Waals surface area contributed by atoms with Crippen LogP contribution in [-0.4, -0.2) is 26.6 Å². The van der Waals surface area contributed by atoms with Crippen LogP contribution in [0.2, 0.25) is 0 Å². The molecule has 0 aliphatic carbocycles. The third-order valence-electron chi connectivity index (χ3n) is 5.02. The molecule has 0 radical (unpaired) electrons. The quantitative estimate of drug-likeness (QED) is 0.655. The fourth-order valence-electron chi connectivity index (χ4n) is 3.50. The van der Waals surface area contributed by atoms with E-state index < -0.39 is 6.04 Å². The van der Waals surface area contributed by atoms with E-state index in [4.69, 9.17) is 0 Å². The molecule has 8 heteroatoms. The van der Waals surface area contributed by atoms with E-state index in [-0.39, 0.29) is 18.4 Å². The molecule has 0 saturated carbocycles. The van der Waals surface area contributed by atoms with E-state index in [1.807, 2.05) is 41.8 Å². The van der Waals surface area contributed by atoms with E-state index in [1.54, 1.807) is 6.07 Å². The van der Waals surface area contributed by atoms with E-state index >= 15 is 0 Å². The third-order valence-corrected chi connectivity index (χ3v) is 5.89. The summed E-state index contributed by atoms with van der Waals surface area (Å²) >= 11 is 1.34. The molecule has 1 aliphatic rings. The Kier molecular flexibility index (Phi) is 6.00. The van der Waals surface area contributed by atoms with Crippen molar-refractivity contribution in [2.75, 3.05) is 0 Å². The summed E-state index contributed by atoms with van der Waals surface area (Å²) in [4.78, 5) is 26.1. The monoisotopic (exact) mass is 409 g/mol. The van der Waals surface area contributed by atoms with Gasteiger partial charge in [0.2, 0.25) is 5.91 Å². The number of benzene rings is 1. The topological polar surface area (TPSA) is 88.9 Å². The van der Waals surface area contributed by atoms with E-state index in [0.717, 1.165) is 43.0 Å². The molecule has 4 rings (SSSR count). The number of hydrogen-bond donors (Lipinski definition) is 2. The van der Waals surface area contributed by atoms with Crippen LogP contribution in [0.15, 0.2) is 47.8 Å². The van der Waals surface area contributed by atoms with Gasteiger partial charge in [-0.1, -0.05) is 42.8 Å². The van der Waals surface area contributed by atoms with Gasteiger partial charge in [-0.05, 0) is 29.9 Å². The molecular formula is C21H23N5O2S. The second kappa shape index (κ2) is 9.00. The Bertz CT molecular complexity index is 968. The molecule has 2 amide bonds. The minimum absolute atomic E-state index is 0.264. The Morgan fingerprint density at radius 3 is 2.72 bits per heavy atom. The number of aryl methyl sites for hydroxylation is 1. The van der Waals surface area contributed by atoms with Crippen molar-refractivity contribution in [1.29, 1.82) is 0 Å². The number of carbonyl (C=O) groups excluding carboxylic acids is 2. The van der Waals surface area contributed by atoms with Crippen LogP contribution in [0.25, 0.3) is 0 Å². The summed E-state index contributed by atoms with van der Waals surface area (Å²) in [7, 11) is 0. The van der Waals surface area contributed by atoms with Crippen LogP contribution >= 0.6 is 11.3 Å². The molecule has 2 N–H and O–H groups in total. The number of fused-ring (bicyclic) bond motifs is 1. The van der Waals surface area contributed by atoms with Crippen LogP contribution in [0.1, 0.15) is 52.2 Å². The van der Waals surface area contributed by atoms with Crippen LogP contribution in [-0.2, 0) is 24.3 Å². The smallest absolute Gasteiger partial charge is 0.262 e. The number of nitrogens with one attached hydrogen (secondary N) is 2. The molecule has 2 aromatic heterocycles. The summed E-state index contributed by atoms with van der Waals surface area (Å²) in [6.07, 6.45) is 4.31. The first kappa shape index (κ1) is 19.3. The Morgan fingerprint density at radius 1 is 1.07 bits per heavy atom. The number of amides is 2. The molecule has 0 spiro atoms. The maximum absolute atomic E-state index is 13.0. The number of carbonyl (C=O) groups is 2. The zero-order chi connectivity index (χ0) is 20.1. The highest BCUT2D eigenvalue weighted by atomic mass is 32.1. The first-order valence-corrected chi connectivity index (χ1v) is 10.7. The van der Waals surface area contributed by atoms with Crippen molar-refractivity contribution >= 4 is 23.2 Å². The second-order valence-electron chi connectivity index (χ2n) is 7.01. The molecule has 1 unspecified atom stereocenters.